The maximum atomic E-state index is 12.0. The molecule has 2 aliphatic carbocycles. The first kappa shape index (κ1) is 15.0. The molecule has 3 fully saturated rings. The van der Waals surface area contributed by atoms with Crippen LogP contribution in [0.25, 0.3) is 0 Å². The van der Waals surface area contributed by atoms with Crippen LogP contribution in [0.3, 0.4) is 0 Å². The Hall–Kier alpha value is -0.920. The van der Waals surface area contributed by atoms with Crippen LogP contribution in [0.2, 0.25) is 0 Å². The molecule has 0 aromatic carbocycles. The van der Waals surface area contributed by atoms with E-state index in [4.69, 9.17) is 13.7 Å². The van der Waals surface area contributed by atoms with E-state index in [0.29, 0.717) is 5.57 Å². The molecule has 0 aromatic heterocycles. The van der Waals surface area contributed by atoms with Crippen molar-refractivity contribution in [2.24, 2.45) is 17.8 Å². The Morgan fingerprint density at radius 3 is 2.71 bits per heavy atom. The molecule has 0 radical (unpaired) electrons. The molecule has 1 saturated heterocycles. The molecule has 0 N–H and O–H groups in total. The number of fused-ring (bicyclic) bond motifs is 1. The standard InChI is InChI=1S/C14H20O6S/c1-7(2)14(15)19-5-4-18-11-9-6-10-12(11)20-21(16,17)13(10)8(9)3/h8-13H,1,4-6H2,2-3H3. The van der Waals surface area contributed by atoms with Crippen LogP contribution in [-0.2, 0) is 28.6 Å². The fraction of sp³-hybridized carbons (Fsp3) is 0.786. The van der Waals surface area contributed by atoms with Crippen molar-refractivity contribution in [1.82, 2.24) is 0 Å². The molecule has 118 valence electrons. The zero-order valence-electron chi connectivity index (χ0n) is 12.2. The van der Waals surface area contributed by atoms with Crippen molar-refractivity contribution < 1.29 is 26.9 Å². The van der Waals surface area contributed by atoms with Gasteiger partial charge in [0.05, 0.1) is 18.0 Å². The second-order valence-electron chi connectivity index (χ2n) is 6.19. The van der Waals surface area contributed by atoms with Crippen LogP contribution < -0.4 is 0 Å². The van der Waals surface area contributed by atoms with Crippen LogP contribution in [-0.4, -0.2) is 45.1 Å². The molecule has 6 unspecified atom stereocenters. The SMILES string of the molecule is C=C(C)C(=O)OCCOC1C2CC3C1OS(=O)(=O)C3C2C. The molecule has 0 spiro atoms. The molecule has 7 heteroatoms. The summed E-state index contributed by atoms with van der Waals surface area (Å²) in [6.07, 6.45) is 0.256. The van der Waals surface area contributed by atoms with E-state index in [1.807, 2.05) is 6.92 Å². The smallest absolute Gasteiger partial charge is 0.333 e. The van der Waals surface area contributed by atoms with Gasteiger partial charge in [0, 0.05) is 11.5 Å². The maximum absolute atomic E-state index is 12.0. The van der Waals surface area contributed by atoms with Gasteiger partial charge in [0.1, 0.15) is 12.7 Å². The number of hydrogen-bond acceptors (Lipinski definition) is 6. The first-order chi connectivity index (χ1) is 9.83. The van der Waals surface area contributed by atoms with Gasteiger partial charge in [0.25, 0.3) is 10.1 Å². The molecule has 0 amide bonds. The molecule has 1 heterocycles. The van der Waals surface area contributed by atoms with Crippen molar-refractivity contribution in [1.29, 1.82) is 0 Å². The third-order valence-electron chi connectivity index (χ3n) is 4.88. The quantitative estimate of drug-likeness (QED) is 0.324. The lowest BCUT2D eigenvalue weighted by Crippen LogP contribution is -2.40. The molecule has 0 aromatic rings. The molecule has 2 bridgehead atoms. The molecular formula is C14H20O6S. The van der Waals surface area contributed by atoms with Gasteiger partial charge in [0.2, 0.25) is 0 Å². The number of hydrogen-bond donors (Lipinski definition) is 0. The minimum Gasteiger partial charge on any atom is -0.460 e. The highest BCUT2D eigenvalue weighted by Gasteiger charge is 2.67. The lowest BCUT2D eigenvalue weighted by Gasteiger charge is -2.29. The minimum absolute atomic E-state index is 0.0537. The first-order valence-corrected chi connectivity index (χ1v) is 8.66. The highest BCUT2D eigenvalue weighted by atomic mass is 32.2. The topological polar surface area (TPSA) is 78.9 Å². The van der Waals surface area contributed by atoms with Crippen LogP contribution in [0.1, 0.15) is 20.3 Å². The summed E-state index contributed by atoms with van der Waals surface area (Å²) in [5.74, 6) is -0.126. The molecule has 2 saturated carbocycles. The second-order valence-corrected chi connectivity index (χ2v) is 7.91. The average Bonchev–Trinajstić information content (AvgIpc) is 2.95. The lowest BCUT2D eigenvalue weighted by molar-refractivity contribution is -0.142. The molecule has 3 rings (SSSR count). The number of rotatable bonds is 5. The Morgan fingerprint density at radius 1 is 1.33 bits per heavy atom. The molecule has 1 aliphatic heterocycles. The summed E-state index contributed by atoms with van der Waals surface area (Å²) in [5, 5.41) is -0.367. The Morgan fingerprint density at radius 2 is 2.05 bits per heavy atom. The van der Waals surface area contributed by atoms with Gasteiger partial charge in [-0.2, -0.15) is 8.42 Å². The monoisotopic (exact) mass is 316 g/mol. The number of ether oxygens (including phenoxy) is 2. The molecule has 6 nitrogen and oxygen atoms in total. The van der Waals surface area contributed by atoms with Crippen molar-refractivity contribution in [2.45, 2.75) is 37.7 Å². The average molecular weight is 316 g/mol. The van der Waals surface area contributed by atoms with Crippen LogP contribution in [0.5, 0.6) is 0 Å². The number of esters is 1. The van der Waals surface area contributed by atoms with E-state index in [2.05, 4.69) is 6.58 Å². The summed E-state index contributed by atoms with van der Waals surface area (Å²) >= 11 is 0. The lowest BCUT2D eigenvalue weighted by atomic mass is 9.86. The van der Waals surface area contributed by atoms with Crippen molar-refractivity contribution in [3.8, 4) is 0 Å². The van der Waals surface area contributed by atoms with Gasteiger partial charge in [-0.15, -0.1) is 0 Å². The second kappa shape index (κ2) is 5.07. The number of carbonyl (C=O) groups is 1. The van der Waals surface area contributed by atoms with Crippen LogP contribution >= 0.6 is 0 Å². The fourth-order valence-electron chi connectivity index (χ4n) is 4.02. The van der Waals surface area contributed by atoms with Gasteiger partial charge < -0.3 is 9.47 Å². The fourth-order valence-corrected chi connectivity index (χ4v) is 6.13. The highest BCUT2D eigenvalue weighted by Crippen LogP contribution is 2.58. The summed E-state index contributed by atoms with van der Waals surface area (Å²) in [4.78, 5) is 11.2. The van der Waals surface area contributed by atoms with Crippen molar-refractivity contribution in [3.63, 3.8) is 0 Å². The van der Waals surface area contributed by atoms with E-state index in [-0.39, 0.29) is 48.4 Å². The molecular weight excluding hydrogens is 296 g/mol. The van der Waals surface area contributed by atoms with E-state index in [1.54, 1.807) is 6.92 Å². The van der Waals surface area contributed by atoms with Crippen molar-refractivity contribution in [3.05, 3.63) is 12.2 Å². The Kier molecular flexibility index (Phi) is 3.62. The summed E-state index contributed by atoms with van der Waals surface area (Å²) in [5.41, 5.74) is 0.344. The highest BCUT2D eigenvalue weighted by molar-refractivity contribution is 7.87. The van der Waals surface area contributed by atoms with Crippen LogP contribution in [0, 0.1) is 17.8 Å². The van der Waals surface area contributed by atoms with Crippen LogP contribution in [0.4, 0.5) is 0 Å². The van der Waals surface area contributed by atoms with Gasteiger partial charge in [0.15, 0.2) is 0 Å². The Bertz CT molecular complexity index is 568. The van der Waals surface area contributed by atoms with Gasteiger partial charge in [-0.3, -0.25) is 4.18 Å². The van der Waals surface area contributed by atoms with E-state index in [0.717, 1.165) is 6.42 Å². The van der Waals surface area contributed by atoms with E-state index in [1.165, 1.54) is 0 Å². The van der Waals surface area contributed by atoms with Gasteiger partial charge in [-0.1, -0.05) is 13.5 Å². The van der Waals surface area contributed by atoms with Crippen molar-refractivity contribution in [2.75, 3.05) is 13.2 Å². The Balaban J connectivity index is 1.57. The van der Waals surface area contributed by atoms with E-state index in [9.17, 15) is 13.2 Å². The molecule has 3 aliphatic rings. The number of carbonyl (C=O) groups excluding carboxylic acids is 1. The van der Waals surface area contributed by atoms with E-state index < -0.39 is 16.1 Å². The normalized spacial score (nSPS) is 42.2. The summed E-state index contributed by atoms with van der Waals surface area (Å²) in [7, 11) is -3.45. The molecule has 6 atom stereocenters. The minimum atomic E-state index is -3.45. The van der Waals surface area contributed by atoms with Gasteiger partial charge >= 0.3 is 5.97 Å². The third kappa shape index (κ3) is 2.31. The van der Waals surface area contributed by atoms with Crippen molar-refractivity contribution >= 4 is 16.1 Å². The first-order valence-electron chi connectivity index (χ1n) is 7.19. The van der Waals surface area contributed by atoms with Crippen LogP contribution in [0.15, 0.2) is 12.2 Å². The van der Waals surface area contributed by atoms with Gasteiger partial charge in [-0.25, -0.2) is 4.79 Å². The predicted octanol–water partition coefficient (Wildman–Crippen LogP) is 0.874. The largest absolute Gasteiger partial charge is 0.460 e. The Labute approximate surface area is 124 Å². The zero-order valence-corrected chi connectivity index (χ0v) is 13.0. The summed E-state index contributed by atoms with van der Waals surface area (Å²) in [6, 6.07) is 0. The zero-order chi connectivity index (χ0) is 15.4. The van der Waals surface area contributed by atoms with Gasteiger partial charge in [-0.05, 0) is 25.2 Å². The predicted molar refractivity (Wildman–Crippen MR) is 73.9 cm³/mol. The maximum Gasteiger partial charge on any atom is 0.333 e. The summed E-state index contributed by atoms with van der Waals surface area (Å²) in [6.45, 7) is 7.41. The summed E-state index contributed by atoms with van der Waals surface area (Å²) < 4.78 is 39.9. The molecule has 21 heavy (non-hydrogen) atoms. The van der Waals surface area contributed by atoms with E-state index >= 15 is 0 Å². The third-order valence-corrected chi connectivity index (χ3v) is 6.82.